The van der Waals surface area contributed by atoms with Gasteiger partial charge in [0, 0.05) is 138 Å². The lowest BCUT2D eigenvalue weighted by atomic mass is 9.90. The van der Waals surface area contributed by atoms with Crippen molar-refractivity contribution >= 4 is 35.4 Å². The molecule has 1 saturated carbocycles. The number of nitrogens with one attached hydrogen (secondary N) is 7. The zero-order chi connectivity index (χ0) is 69.1. The van der Waals surface area contributed by atoms with Crippen LogP contribution in [-0.4, -0.2) is 222 Å². The van der Waals surface area contributed by atoms with Crippen molar-refractivity contribution < 1.29 is 33.5 Å². The molecule has 6 heterocycles. The molecule has 5 atom stereocenters. The molecule has 7 rings (SSSR count). The topological polar surface area (TPSA) is 212 Å². The minimum atomic E-state index is 0.0739. The third kappa shape index (κ3) is 40.1. The predicted octanol–water partition coefficient (Wildman–Crippen LogP) is 9.33. The number of amides is 6. The molecule has 0 aromatic carbocycles. The third-order valence-electron chi connectivity index (χ3n) is 19.5. The van der Waals surface area contributed by atoms with E-state index in [1.54, 1.807) is 0 Å². The maximum absolute atomic E-state index is 11.7. The van der Waals surface area contributed by atoms with E-state index >= 15 is 0 Å². The number of piperidine rings is 4. The van der Waals surface area contributed by atoms with Gasteiger partial charge in [0.25, 0.3) is 0 Å². The molecular weight excluding hydrogens is 1170 g/mol. The second-order valence-corrected chi connectivity index (χ2v) is 30.2. The maximum Gasteiger partial charge on any atom is 0.222 e. The zero-order valence-electron chi connectivity index (χ0n) is 62.7. The van der Waals surface area contributed by atoms with Crippen LogP contribution in [0.3, 0.4) is 0 Å². The number of carbonyl (C=O) groups is 6. The molecule has 6 saturated heterocycles. The molecule has 93 heavy (non-hydrogen) atoms. The van der Waals surface area contributed by atoms with Gasteiger partial charge in [-0.2, -0.15) is 0 Å². The minimum absolute atomic E-state index is 0.0739. The lowest BCUT2D eigenvalue weighted by Crippen LogP contribution is -2.52. The highest BCUT2D eigenvalue weighted by Crippen LogP contribution is 2.28. The van der Waals surface area contributed by atoms with Gasteiger partial charge in [-0.25, -0.2) is 0 Å². The zero-order valence-corrected chi connectivity index (χ0v) is 62.7. The summed E-state index contributed by atoms with van der Waals surface area (Å²) >= 11 is 0. The summed E-state index contributed by atoms with van der Waals surface area (Å²) in [5.74, 6) is 3.29. The average Bonchev–Trinajstić information content (AvgIpc) is 1.69. The first kappa shape index (κ1) is 85.6. The SMILES string of the molecule is CC(C)C(=O)NCC1CCCCN1C.CC(C)C(=O)NCC1CCCCN1C1CCCCC1.CC(C)C(=O)NCCCC(C)N1CCCC1.CC(C)C(=O)NCCNC1CCOC1.CC1CCCN(CCNC(=O)C(C)C)C1.CC1CCN(CCNC(=O)C(C)C)CC1. The monoisotopic (exact) mass is 1320 g/mol. The van der Waals surface area contributed by atoms with E-state index in [1.165, 1.54) is 168 Å². The third-order valence-corrected chi connectivity index (χ3v) is 19.5. The fraction of sp³-hybridized carbons (Fsp3) is 0.919. The smallest absolute Gasteiger partial charge is 0.222 e. The van der Waals surface area contributed by atoms with Gasteiger partial charge in [-0.3, -0.25) is 33.7 Å². The van der Waals surface area contributed by atoms with Gasteiger partial charge in [0.05, 0.1) is 6.61 Å². The van der Waals surface area contributed by atoms with Gasteiger partial charge < -0.3 is 61.6 Å². The fourth-order valence-electron chi connectivity index (χ4n) is 12.8. The highest BCUT2D eigenvalue weighted by atomic mass is 16.5. The predicted molar refractivity (Wildman–Crippen MR) is 385 cm³/mol. The molecule has 7 aliphatic rings. The van der Waals surface area contributed by atoms with Crippen molar-refractivity contribution in [1.29, 1.82) is 0 Å². The number of nitrogens with zero attached hydrogens (tertiary/aromatic N) is 5. The largest absolute Gasteiger partial charge is 0.380 e. The lowest BCUT2D eigenvalue weighted by Gasteiger charge is -2.43. The van der Waals surface area contributed by atoms with Gasteiger partial charge in [0.2, 0.25) is 35.4 Å². The Morgan fingerprint density at radius 2 is 0.882 bits per heavy atom. The van der Waals surface area contributed by atoms with Crippen LogP contribution in [0.2, 0.25) is 0 Å². The van der Waals surface area contributed by atoms with Crippen LogP contribution in [0.1, 0.15) is 232 Å². The van der Waals surface area contributed by atoms with Gasteiger partial charge in [0.15, 0.2) is 0 Å². The summed E-state index contributed by atoms with van der Waals surface area (Å²) in [6.07, 6.45) is 26.0. The first-order valence-electron chi connectivity index (χ1n) is 37.9. The van der Waals surface area contributed by atoms with Crippen molar-refractivity contribution in [2.24, 2.45) is 47.3 Å². The lowest BCUT2D eigenvalue weighted by molar-refractivity contribution is -0.125. The van der Waals surface area contributed by atoms with Crippen molar-refractivity contribution in [3.05, 3.63) is 0 Å². The normalized spacial score (nSPS) is 22.4. The summed E-state index contributed by atoms with van der Waals surface area (Å²) in [7, 11) is 2.14. The molecule has 6 aliphatic heterocycles. The van der Waals surface area contributed by atoms with Gasteiger partial charge >= 0.3 is 0 Å². The van der Waals surface area contributed by atoms with Crippen LogP contribution in [-0.2, 0) is 33.5 Å². The van der Waals surface area contributed by atoms with Crippen LogP contribution < -0.4 is 37.2 Å². The second kappa shape index (κ2) is 50.8. The Morgan fingerprint density at radius 3 is 1.39 bits per heavy atom. The summed E-state index contributed by atoms with van der Waals surface area (Å²) in [6, 6.07) is 3.07. The Morgan fingerprint density at radius 1 is 0.419 bits per heavy atom. The van der Waals surface area contributed by atoms with E-state index in [9.17, 15) is 28.8 Å². The highest BCUT2D eigenvalue weighted by Gasteiger charge is 2.30. The van der Waals surface area contributed by atoms with E-state index in [2.05, 4.69) is 89.5 Å². The summed E-state index contributed by atoms with van der Waals surface area (Å²) in [6.45, 7) is 49.1. The molecule has 1 aliphatic carbocycles. The molecule has 7 fully saturated rings. The molecule has 544 valence electrons. The summed E-state index contributed by atoms with van der Waals surface area (Å²) < 4.78 is 5.22. The number of likely N-dealkylation sites (tertiary alicyclic amines) is 5. The van der Waals surface area contributed by atoms with Crippen LogP contribution in [0.4, 0.5) is 0 Å². The highest BCUT2D eigenvalue weighted by molar-refractivity contribution is 5.79. The van der Waals surface area contributed by atoms with E-state index in [4.69, 9.17) is 4.74 Å². The van der Waals surface area contributed by atoms with E-state index in [0.717, 1.165) is 96.3 Å². The molecule has 0 radical (unpaired) electrons. The number of hydrogen-bond donors (Lipinski definition) is 7. The van der Waals surface area contributed by atoms with Crippen molar-refractivity contribution in [1.82, 2.24) is 61.7 Å². The molecule has 19 nitrogen and oxygen atoms in total. The van der Waals surface area contributed by atoms with E-state index < -0.39 is 0 Å². The molecule has 0 aromatic heterocycles. The van der Waals surface area contributed by atoms with Crippen molar-refractivity contribution in [3.8, 4) is 0 Å². The standard InChI is InChI=1S/C16H30N2O.C13H26N2O.2C12H24N2O.C11H22N2O.C10H20N2O2/c1-13(2)16(19)17-12-15-10-6-7-11-18(15)14-8-4-3-5-9-14;1-11(2)13(16)14-8-6-7-12(3)15-9-4-5-10-15;1-10(2)12(15)13-6-9-14-7-4-11(3)5-8-14;1-10(2)12(15)13-6-8-14-7-4-5-11(3)9-14;1-9(2)11(14)12-8-10-6-4-5-7-13(10)3;1-8(2)10(13)12-5-4-11-9-3-6-14-7-9/h13-15H,3-12H2,1-2H3,(H,17,19);11-12H,4-10H2,1-3H3,(H,14,16);2*10-11H,4-9H2,1-3H3,(H,13,15);9-10H,4-8H2,1-3H3,(H,12,14);8-9,11H,3-7H2,1-2H3,(H,12,13). The Labute approximate surface area is 569 Å². The first-order chi connectivity index (χ1) is 44.3. The van der Waals surface area contributed by atoms with E-state index in [0.29, 0.717) is 30.7 Å². The molecule has 5 unspecified atom stereocenters. The first-order valence-corrected chi connectivity index (χ1v) is 37.9. The Kier molecular flexibility index (Phi) is 46.8. The molecule has 19 heteroatoms. The molecule has 0 aromatic rings. The summed E-state index contributed by atoms with van der Waals surface area (Å²) in [5.41, 5.74) is 0. The second-order valence-electron chi connectivity index (χ2n) is 30.2. The Balaban J connectivity index is 0.000000381. The van der Waals surface area contributed by atoms with Gasteiger partial charge in [-0.05, 0) is 168 Å². The number of likely N-dealkylation sites (N-methyl/N-ethyl adjacent to an activating group) is 1. The van der Waals surface area contributed by atoms with Crippen molar-refractivity contribution in [2.45, 2.75) is 262 Å². The van der Waals surface area contributed by atoms with Crippen molar-refractivity contribution in [2.75, 3.05) is 132 Å². The van der Waals surface area contributed by atoms with Gasteiger partial charge in [0.1, 0.15) is 0 Å². The van der Waals surface area contributed by atoms with Crippen LogP contribution in [0.5, 0.6) is 0 Å². The molecule has 0 spiro atoms. The van der Waals surface area contributed by atoms with E-state index in [1.807, 2.05) is 83.1 Å². The molecular formula is C74H146N12O7. The van der Waals surface area contributed by atoms with Gasteiger partial charge in [-0.15, -0.1) is 0 Å². The van der Waals surface area contributed by atoms with Crippen molar-refractivity contribution in [3.63, 3.8) is 0 Å². The average molecular weight is 1320 g/mol. The van der Waals surface area contributed by atoms with Gasteiger partial charge in [-0.1, -0.05) is 129 Å². The van der Waals surface area contributed by atoms with Crippen LogP contribution in [0, 0.1) is 47.3 Å². The Bertz CT molecular complexity index is 1970. The minimum Gasteiger partial charge on any atom is -0.380 e. The van der Waals surface area contributed by atoms with E-state index in [-0.39, 0.29) is 71.0 Å². The van der Waals surface area contributed by atoms with Crippen LogP contribution in [0.15, 0.2) is 0 Å². The fourth-order valence-corrected chi connectivity index (χ4v) is 12.8. The number of rotatable bonds is 26. The summed E-state index contributed by atoms with van der Waals surface area (Å²) in [4.78, 5) is 80.7. The number of carbonyl (C=O) groups excluding carboxylic acids is 6. The molecule has 0 bridgehead atoms. The molecule has 6 amide bonds. The quantitative estimate of drug-likeness (QED) is 0.0403. The van der Waals surface area contributed by atoms with Crippen LogP contribution in [0.25, 0.3) is 0 Å². The number of ether oxygens (including phenoxy) is 1. The van der Waals surface area contributed by atoms with Crippen LogP contribution >= 0.6 is 0 Å². The summed E-state index contributed by atoms with van der Waals surface area (Å²) in [5, 5.41) is 21.2. The number of hydrogen-bond acceptors (Lipinski definition) is 13. The molecule has 7 N–H and O–H groups in total. The maximum atomic E-state index is 11.7. The Hall–Kier alpha value is -3.46.